The van der Waals surface area contributed by atoms with Crippen molar-refractivity contribution >= 4 is 37.3 Å². The Kier molecular flexibility index (Phi) is 7.07. The van der Waals surface area contributed by atoms with Crippen molar-refractivity contribution in [3.8, 4) is 5.75 Å². The molecule has 0 bridgehead atoms. The molecule has 3 aromatic rings. The molecule has 4 rings (SSSR count). The number of carbonyl (C=O) groups excluding carboxylic acids is 1. The Balaban J connectivity index is 1.45. The van der Waals surface area contributed by atoms with E-state index in [2.05, 4.69) is 10.0 Å². The summed E-state index contributed by atoms with van der Waals surface area (Å²) in [5, 5.41) is 2.66. The molecule has 190 valence electrons. The molecule has 9 nitrogen and oxygen atoms in total. The van der Waals surface area contributed by atoms with E-state index >= 15 is 0 Å². The third-order valence-corrected chi connectivity index (χ3v) is 9.22. The predicted octanol–water partition coefficient (Wildman–Crippen LogP) is 2.98. The second kappa shape index (κ2) is 9.92. The van der Waals surface area contributed by atoms with E-state index in [4.69, 9.17) is 4.74 Å². The van der Waals surface area contributed by atoms with E-state index in [1.807, 2.05) is 18.2 Å². The largest absolute Gasteiger partial charge is 0.483 e. The molecule has 1 aliphatic rings. The minimum absolute atomic E-state index is 0.0279. The number of fused-ring (bicyclic) bond motifs is 1. The van der Waals surface area contributed by atoms with Crippen molar-refractivity contribution in [1.29, 1.82) is 0 Å². The van der Waals surface area contributed by atoms with Gasteiger partial charge in [-0.1, -0.05) is 24.3 Å². The number of hydrogen-bond acceptors (Lipinski definition) is 6. The maximum atomic E-state index is 13.3. The van der Waals surface area contributed by atoms with Crippen LogP contribution in [0.1, 0.15) is 16.7 Å². The molecule has 36 heavy (non-hydrogen) atoms. The van der Waals surface area contributed by atoms with Gasteiger partial charge in [-0.3, -0.25) is 9.10 Å². The molecule has 1 aliphatic heterocycles. The monoisotopic (exact) mass is 529 g/mol. The predicted molar refractivity (Wildman–Crippen MR) is 137 cm³/mol. The number of sulfonamides is 2. The summed E-state index contributed by atoms with van der Waals surface area (Å²) in [5.41, 5.74) is 3.29. The highest BCUT2D eigenvalue weighted by Crippen LogP contribution is 2.33. The number of rotatable bonds is 8. The van der Waals surface area contributed by atoms with Crippen molar-refractivity contribution in [2.45, 2.75) is 30.1 Å². The fraction of sp³-hybridized carbons (Fsp3) is 0.240. The molecule has 0 radical (unpaired) electrons. The Morgan fingerprint density at radius 1 is 0.944 bits per heavy atom. The quantitative estimate of drug-likeness (QED) is 0.463. The molecular formula is C25H27N3O6S2. The summed E-state index contributed by atoms with van der Waals surface area (Å²) in [6, 6.07) is 16.4. The fourth-order valence-electron chi connectivity index (χ4n) is 3.98. The van der Waals surface area contributed by atoms with Crippen molar-refractivity contribution in [3.63, 3.8) is 0 Å². The van der Waals surface area contributed by atoms with E-state index in [0.29, 0.717) is 41.2 Å². The average molecular weight is 530 g/mol. The first-order valence-corrected chi connectivity index (χ1v) is 14.1. The van der Waals surface area contributed by atoms with Crippen LogP contribution in [0.25, 0.3) is 0 Å². The zero-order valence-corrected chi connectivity index (χ0v) is 21.7. The molecule has 0 saturated heterocycles. The topological polar surface area (TPSA) is 122 Å². The Labute approximate surface area is 211 Å². The number of anilines is 2. The first kappa shape index (κ1) is 25.7. The number of ether oxygens (including phenoxy) is 1. The van der Waals surface area contributed by atoms with Gasteiger partial charge in [0, 0.05) is 12.2 Å². The number of para-hydroxylation sites is 1. The molecule has 1 amide bonds. The number of nitrogens with zero attached hydrogens (tertiary/aromatic N) is 1. The van der Waals surface area contributed by atoms with Crippen molar-refractivity contribution in [2.75, 3.05) is 29.8 Å². The van der Waals surface area contributed by atoms with E-state index in [1.54, 1.807) is 26.0 Å². The fourth-order valence-corrected chi connectivity index (χ4v) is 6.32. The van der Waals surface area contributed by atoms with Crippen molar-refractivity contribution in [1.82, 2.24) is 4.72 Å². The summed E-state index contributed by atoms with van der Waals surface area (Å²) in [6.45, 7) is 3.50. The van der Waals surface area contributed by atoms with Crippen LogP contribution in [0.5, 0.6) is 5.75 Å². The summed E-state index contributed by atoms with van der Waals surface area (Å²) in [7, 11) is -6.09. The summed E-state index contributed by atoms with van der Waals surface area (Å²) < 4.78 is 59.9. The van der Waals surface area contributed by atoms with Gasteiger partial charge in [0.2, 0.25) is 10.0 Å². The summed E-state index contributed by atoms with van der Waals surface area (Å²) in [5.74, 6) is -0.115. The summed E-state index contributed by atoms with van der Waals surface area (Å²) in [4.78, 5) is 12.7. The lowest BCUT2D eigenvalue weighted by Gasteiger charge is -2.20. The Hall–Kier alpha value is -3.41. The number of hydrogen-bond donors (Lipinski definition) is 2. The van der Waals surface area contributed by atoms with E-state index in [0.717, 1.165) is 5.56 Å². The summed E-state index contributed by atoms with van der Waals surface area (Å²) >= 11 is 0. The number of nitrogens with one attached hydrogen (secondary N) is 2. The Morgan fingerprint density at radius 3 is 2.39 bits per heavy atom. The van der Waals surface area contributed by atoms with Gasteiger partial charge in [0.25, 0.3) is 15.9 Å². The van der Waals surface area contributed by atoms with Crippen LogP contribution in [0.3, 0.4) is 0 Å². The molecule has 0 aromatic heterocycles. The van der Waals surface area contributed by atoms with E-state index < -0.39 is 26.0 Å². The van der Waals surface area contributed by atoms with Crippen molar-refractivity contribution in [2.24, 2.45) is 0 Å². The zero-order chi connectivity index (χ0) is 26.1. The van der Waals surface area contributed by atoms with Crippen LogP contribution < -0.4 is 19.1 Å². The van der Waals surface area contributed by atoms with Crippen LogP contribution in [0.2, 0.25) is 0 Å². The number of amides is 1. The van der Waals surface area contributed by atoms with E-state index in [1.165, 1.54) is 41.7 Å². The molecule has 1 heterocycles. The SMILES string of the molecule is CNS(=O)(=O)c1ccc(C)c(NC(=O)COc2ccc(S(=O)(=O)N3CCc4ccccc43)cc2C)c1. The molecule has 0 atom stereocenters. The summed E-state index contributed by atoms with van der Waals surface area (Å²) in [6.07, 6.45) is 0.661. The minimum atomic E-state index is -3.74. The lowest BCUT2D eigenvalue weighted by molar-refractivity contribution is -0.118. The highest BCUT2D eigenvalue weighted by Gasteiger charge is 2.30. The number of benzene rings is 3. The van der Waals surface area contributed by atoms with Gasteiger partial charge in [-0.25, -0.2) is 21.6 Å². The van der Waals surface area contributed by atoms with Crippen molar-refractivity contribution in [3.05, 3.63) is 77.4 Å². The Morgan fingerprint density at radius 2 is 1.67 bits per heavy atom. The molecule has 3 aromatic carbocycles. The maximum absolute atomic E-state index is 13.3. The highest BCUT2D eigenvalue weighted by molar-refractivity contribution is 7.92. The molecule has 11 heteroatoms. The first-order valence-electron chi connectivity index (χ1n) is 11.2. The number of carbonyl (C=O) groups is 1. The minimum Gasteiger partial charge on any atom is -0.483 e. The lowest BCUT2D eigenvalue weighted by atomic mass is 10.2. The van der Waals surface area contributed by atoms with Gasteiger partial charge in [0.05, 0.1) is 15.5 Å². The standard InChI is InChI=1S/C25H27N3O6S2/c1-17-8-9-20(35(30,31)26-3)15-22(17)27-25(29)16-34-24-11-10-21(14-18(24)2)36(32,33)28-13-12-19-6-4-5-7-23(19)28/h4-11,14-15,26H,12-13,16H2,1-3H3,(H,27,29). The molecule has 0 unspecified atom stereocenters. The average Bonchev–Trinajstić information content (AvgIpc) is 3.29. The molecule has 0 fully saturated rings. The van der Waals surface area contributed by atoms with Crippen LogP contribution in [0.15, 0.2) is 70.5 Å². The molecule has 0 aliphatic carbocycles. The van der Waals surface area contributed by atoms with E-state index in [-0.39, 0.29) is 16.4 Å². The van der Waals surface area contributed by atoms with Gasteiger partial charge in [-0.05, 0) is 80.4 Å². The van der Waals surface area contributed by atoms with Gasteiger partial charge in [0.1, 0.15) is 5.75 Å². The van der Waals surface area contributed by atoms with Gasteiger partial charge in [-0.15, -0.1) is 0 Å². The van der Waals surface area contributed by atoms with E-state index in [9.17, 15) is 21.6 Å². The smallest absolute Gasteiger partial charge is 0.264 e. The van der Waals surface area contributed by atoms with Gasteiger partial charge in [-0.2, -0.15) is 0 Å². The number of aryl methyl sites for hydroxylation is 2. The maximum Gasteiger partial charge on any atom is 0.264 e. The van der Waals surface area contributed by atoms with Gasteiger partial charge >= 0.3 is 0 Å². The van der Waals surface area contributed by atoms with Gasteiger partial charge < -0.3 is 10.1 Å². The van der Waals surface area contributed by atoms with Crippen LogP contribution in [-0.2, 0) is 31.3 Å². The van der Waals surface area contributed by atoms with Crippen LogP contribution >= 0.6 is 0 Å². The van der Waals surface area contributed by atoms with Crippen LogP contribution in [-0.4, -0.2) is 42.9 Å². The molecule has 2 N–H and O–H groups in total. The zero-order valence-electron chi connectivity index (χ0n) is 20.1. The van der Waals surface area contributed by atoms with Gasteiger partial charge in [0.15, 0.2) is 6.61 Å². The Bertz CT molecular complexity index is 1540. The second-order valence-corrected chi connectivity index (χ2v) is 12.2. The normalized spacial score (nSPS) is 13.4. The van der Waals surface area contributed by atoms with Crippen molar-refractivity contribution < 1.29 is 26.4 Å². The molecular weight excluding hydrogens is 502 g/mol. The van der Waals surface area contributed by atoms with Crippen LogP contribution in [0.4, 0.5) is 11.4 Å². The van der Waals surface area contributed by atoms with Crippen LogP contribution in [0, 0.1) is 13.8 Å². The lowest BCUT2D eigenvalue weighted by Crippen LogP contribution is -2.29. The highest BCUT2D eigenvalue weighted by atomic mass is 32.2. The third-order valence-electron chi connectivity index (χ3n) is 6.00. The molecule has 0 saturated carbocycles. The third kappa shape index (κ3) is 5.08. The first-order chi connectivity index (χ1) is 17.0. The molecule has 0 spiro atoms. The second-order valence-electron chi connectivity index (χ2n) is 8.40.